The lowest BCUT2D eigenvalue weighted by Crippen LogP contribution is -2.39. The first-order valence-electron chi connectivity index (χ1n) is 8.42. The van der Waals surface area contributed by atoms with Crippen LogP contribution in [0.15, 0.2) is 18.5 Å². The maximum absolute atomic E-state index is 12.4. The Morgan fingerprint density at radius 3 is 2.92 bits per heavy atom. The van der Waals surface area contributed by atoms with Crippen LogP contribution in [0.2, 0.25) is 0 Å². The Bertz CT molecular complexity index is 713. The number of aryl methyl sites for hydroxylation is 1. The molecule has 0 radical (unpaired) electrons. The van der Waals surface area contributed by atoms with E-state index in [1.165, 1.54) is 0 Å². The van der Waals surface area contributed by atoms with Gasteiger partial charge in [-0.1, -0.05) is 11.6 Å². The zero-order valence-corrected chi connectivity index (χ0v) is 14.4. The molecular weight excluding hydrogens is 306 g/mol. The predicted molar refractivity (Wildman–Crippen MR) is 89.4 cm³/mol. The number of carbonyl (C=O) groups excluding carboxylic acids is 1. The molecule has 1 aliphatic carbocycles. The van der Waals surface area contributed by atoms with Crippen molar-refractivity contribution in [3.05, 3.63) is 35.4 Å². The summed E-state index contributed by atoms with van der Waals surface area (Å²) in [5, 5.41) is 21.3. The molecule has 7 heteroatoms. The first-order valence-corrected chi connectivity index (χ1v) is 8.42. The molecule has 1 aliphatic rings. The number of aliphatic hydroxyl groups is 1. The van der Waals surface area contributed by atoms with Crippen molar-refractivity contribution >= 4 is 5.91 Å². The fraction of sp³-hybridized carbons (Fsp3) is 0.588. The molecule has 0 bridgehead atoms. The summed E-state index contributed by atoms with van der Waals surface area (Å²) in [6.45, 7) is 6.00. The SMILES string of the molecule is Cc1cc[nH]c1C(=O)N[C@@H]1CCC[C@@H]1Cn1cc(C(C)(C)O)nn1. The number of carbonyl (C=O) groups is 1. The van der Waals surface area contributed by atoms with Gasteiger partial charge in [0, 0.05) is 18.8 Å². The number of H-pyrrole nitrogens is 1. The first kappa shape index (κ1) is 16.7. The molecule has 0 unspecified atom stereocenters. The van der Waals surface area contributed by atoms with Gasteiger partial charge in [-0.2, -0.15) is 0 Å². The zero-order valence-electron chi connectivity index (χ0n) is 14.4. The maximum Gasteiger partial charge on any atom is 0.268 e. The summed E-state index contributed by atoms with van der Waals surface area (Å²) in [6, 6.07) is 2.03. The van der Waals surface area contributed by atoms with Crippen molar-refractivity contribution in [1.82, 2.24) is 25.3 Å². The molecule has 1 fully saturated rings. The van der Waals surface area contributed by atoms with Gasteiger partial charge in [-0.25, -0.2) is 0 Å². The van der Waals surface area contributed by atoms with Gasteiger partial charge in [0.2, 0.25) is 0 Å². The third kappa shape index (κ3) is 3.51. The predicted octanol–water partition coefficient (Wildman–Crippen LogP) is 1.74. The first-order chi connectivity index (χ1) is 11.3. The van der Waals surface area contributed by atoms with Crippen LogP contribution >= 0.6 is 0 Å². The number of hydrogen-bond acceptors (Lipinski definition) is 4. The third-order valence-corrected chi connectivity index (χ3v) is 4.75. The fourth-order valence-corrected chi connectivity index (χ4v) is 3.29. The number of nitrogens with one attached hydrogen (secondary N) is 2. The van der Waals surface area contributed by atoms with Gasteiger partial charge in [-0.15, -0.1) is 5.10 Å². The molecule has 0 saturated heterocycles. The largest absolute Gasteiger partial charge is 0.384 e. The minimum atomic E-state index is -0.993. The lowest BCUT2D eigenvalue weighted by molar-refractivity contribution is 0.0737. The van der Waals surface area contributed by atoms with E-state index in [-0.39, 0.29) is 11.9 Å². The number of amides is 1. The Balaban J connectivity index is 1.64. The van der Waals surface area contributed by atoms with E-state index in [2.05, 4.69) is 20.6 Å². The van der Waals surface area contributed by atoms with Crippen LogP contribution in [0.3, 0.4) is 0 Å². The summed E-state index contributed by atoms with van der Waals surface area (Å²) >= 11 is 0. The lowest BCUT2D eigenvalue weighted by atomic mass is 10.0. The molecule has 2 heterocycles. The van der Waals surface area contributed by atoms with Crippen molar-refractivity contribution in [2.45, 2.75) is 58.2 Å². The van der Waals surface area contributed by atoms with E-state index >= 15 is 0 Å². The van der Waals surface area contributed by atoms with E-state index in [4.69, 9.17) is 0 Å². The third-order valence-electron chi connectivity index (χ3n) is 4.75. The molecule has 1 saturated carbocycles. The standard InChI is InChI=1S/C17H25N5O2/c1-11-7-8-18-15(11)16(23)19-13-6-4-5-12(13)9-22-10-14(20-21-22)17(2,3)24/h7-8,10,12-13,18,24H,4-6,9H2,1-3H3,(H,19,23)/t12-,13-/m1/s1. The maximum atomic E-state index is 12.4. The highest BCUT2D eigenvalue weighted by atomic mass is 16.3. The summed E-state index contributed by atoms with van der Waals surface area (Å²) < 4.78 is 1.77. The van der Waals surface area contributed by atoms with Gasteiger partial charge in [0.25, 0.3) is 5.91 Å². The molecule has 1 amide bonds. The quantitative estimate of drug-likeness (QED) is 0.777. The van der Waals surface area contributed by atoms with Crippen molar-refractivity contribution in [2.24, 2.45) is 5.92 Å². The van der Waals surface area contributed by atoms with E-state index in [1.54, 1.807) is 30.9 Å². The second-order valence-electron chi connectivity index (χ2n) is 7.19. The highest BCUT2D eigenvalue weighted by Gasteiger charge is 2.30. The summed E-state index contributed by atoms with van der Waals surface area (Å²) in [7, 11) is 0. The fourth-order valence-electron chi connectivity index (χ4n) is 3.29. The van der Waals surface area contributed by atoms with Crippen molar-refractivity contribution in [1.29, 1.82) is 0 Å². The van der Waals surface area contributed by atoms with Crippen molar-refractivity contribution < 1.29 is 9.90 Å². The second-order valence-corrected chi connectivity index (χ2v) is 7.19. The Morgan fingerprint density at radius 2 is 2.29 bits per heavy atom. The molecule has 0 aliphatic heterocycles. The summed E-state index contributed by atoms with van der Waals surface area (Å²) in [5.74, 6) is 0.269. The molecule has 130 valence electrons. The van der Waals surface area contributed by atoms with Crippen molar-refractivity contribution in [2.75, 3.05) is 0 Å². The van der Waals surface area contributed by atoms with Crippen LogP contribution in [0, 0.1) is 12.8 Å². The molecule has 3 rings (SSSR count). The molecular formula is C17H25N5O2. The molecule has 2 aromatic rings. The minimum absolute atomic E-state index is 0.0508. The van der Waals surface area contributed by atoms with Gasteiger partial charge in [-0.3, -0.25) is 9.48 Å². The Hall–Kier alpha value is -2.15. The number of nitrogens with zero attached hydrogens (tertiary/aromatic N) is 3. The molecule has 0 aromatic carbocycles. The van der Waals surface area contributed by atoms with Gasteiger partial charge in [0.15, 0.2) is 0 Å². The van der Waals surface area contributed by atoms with Crippen LogP contribution in [-0.4, -0.2) is 37.0 Å². The number of rotatable bonds is 5. The van der Waals surface area contributed by atoms with Gasteiger partial charge in [-0.05, 0) is 51.2 Å². The summed E-state index contributed by atoms with van der Waals surface area (Å²) in [4.78, 5) is 15.4. The minimum Gasteiger partial charge on any atom is -0.384 e. The highest BCUT2D eigenvalue weighted by molar-refractivity contribution is 5.94. The van der Waals surface area contributed by atoms with E-state index in [0.29, 0.717) is 23.9 Å². The van der Waals surface area contributed by atoms with E-state index < -0.39 is 5.60 Å². The van der Waals surface area contributed by atoms with Crippen LogP contribution in [-0.2, 0) is 12.1 Å². The van der Waals surface area contributed by atoms with Crippen LogP contribution in [0.1, 0.15) is 54.9 Å². The Labute approximate surface area is 141 Å². The van der Waals surface area contributed by atoms with E-state index in [0.717, 1.165) is 24.8 Å². The highest BCUT2D eigenvalue weighted by Crippen LogP contribution is 2.28. The van der Waals surface area contributed by atoms with Crippen molar-refractivity contribution in [3.8, 4) is 0 Å². The number of hydrogen-bond donors (Lipinski definition) is 3. The summed E-state index contributed by atoms with van der Waals surface area (Å²) in [6.07, 6.45) is 6.68. The molecule has 2 atom stereocenters. The Kier molecular flexibility index (Phi) is 4.45. The van der Waals surface area contributed by atoms with E-state index in [9.17, 15) is 9.90 Å². The van der Waals surface area contributed by atoms with Gasteiger partial charge in [0.05, 0.1) is 6.20 Å². The molecule has 2 aromatic heterocycles. The second kappa shape index (κ2) is 6.39. The monoisotopic (exact) mass is 331 g/mol. The number of aromatic amines is 1. The normalized spacial score (nSPS) is 21.2. The van der Waals surface area contributed by atoms with Crippen LogP contribution in [0.4, 0.5) is 0 Å². The number of aromatic nitrogens is 4. The molecule has 3 N–H and O–H groups in total. The summed E-state index contributed by atoms with van der Waals surface area (Å²) in [5.41, 5.74) is 1.15. The zero-order chi connectivity index (χ0) is 17.3. The van der Waals surface area contributed by atoms with Crippen molar-refractivity contribution in [3.63, 3.8) is 0 Å². The topological polar surface area (TPSA) is 95.8 Å². The van der Waals surface area contributed by atoms with Crippen LogP contribution < -0.4 is 5.32 Å². The molecule has 0 spiro atoms. The molecule has 7 nitrogen and oxygen atoms in total. The van der Waals surface area contributed by atoms with Crippen LogP contribution in [0.25, 0.3) is 0 Å². The average Bonchev–Trinajstić information content (AvgIpc) is 3.20. The van der Waals surface area contributed by atoms with Gasteiger partial charge < -0.3 is 15.4 Å². The smallest absolute Gasteiger partial charge is 0.268 e. The lowest BCUT2D eigenvalue weighted by Gasteiger charge is -2.21. The average molecular weight is 331 g/mol. The Morgan fingerprint density at radius 1 is 1.50 bits per heavy atom. The van der Waals surface area contributed by atoms with Gasteiger partial charge in [0.1, 0.15) is 17.0 Å². The van der Waals surface area contributed by atoms with Gasteiger partial charge >= 0.3 is 0 Å². The van der Waals surface area contributed by atoms with E-state index in [1.807, 2.05) is 13.0 Å². The molecule has 24 heavy (non-hydrogen) atoms. The van der Waals surface area contributed by atoms with Crippen LogP contribution in [0.5, 0.6) is 0 Å².